The van der Waals surface area contributed by atoms with Crippen molar-refractivity contribution in [1.29, 1.82) is 0 Å². The van der Waals surface area contributed by atoms with E-state index in [2.05, 4.69) is 38.9 Å². The van der Waals surface area contributed by atoms with E-state index < -0.39 is 0 Å². The van der Waals surface area contributed by atoms with Gasteiger partial charge in [-0.2, -0.15) is 0 Å². The van der Waals surface area contributed by atoms with E-state index in [-0.39, 0.29) is 5.92 Å². The van der Waals surface area contributed by atoms with E-state index in [0.29, 0.717) is 0 Å². The summed E-state index contributed by atoms with van der Waals surface area (Å²) in [5.74, 6) is 2.79. The first-order valence-electron chi connectivity index (χ1n) is 5.84. The topological polar surface area (TPSA) is 68.8 Å². The highest BCUT2D eigenvalue weighted by atomic mass is 16.3. The number of fused-ring (bicyclic) bond motifs is 1. The molecule has 17 heavy (non-hydrogen) atoms. The number of oxazole rings is 1. The highest BCUT2D eigenvalue weighted by molar-refractivity contribution is 5.47. The van der Waals surface area contributed by atoms with Crippen molar-refractivity contribution in [3.63, 3.8) is 0 Å². The molecule has 90 valence electrons. The van der Waals surface area contributed by atoms with Crippen molar-refractivity contribution in [2.24, 2.45) is 0 Å². The van der Waals surface area contributed by atoms with Crippen molar-refractivity contribution in [2.45, 2.75) is 32.9 Å². The molecule has 0 aliphatic carbocycles. The van der Waals surface area contributed by atoms with E-state index >= 15 is 0 Å². The highest BCUT2D eigenvalue weighted by Gasteiger charge is 2.19. The summed E-state index contributed by atoms with van der Waals surface area (Å²) in [6.07, 6.45) is 1.66. The molecule has 0 fully saturated rings. The molecular weight excluding hydrogens is 218 g/mol. The second-order valence-electron chi connectivity index (χ2n) is 4.49. The normalized spacial score (nSPS) is 15.2. The maximum absolute atomic E-state index is 5.43. The van der Waals surface area contributed by atoms with Crippen LogP contribution in [0, 0.1) is 0 Å². The molecule has 0 aromatic carbocycles. The Morgan fingerprint density at radius 1 is 1.41 bits per heavy atom. The molecule has 0 bridgehead atoms. The first-order valence-corrected chi connectivity index (χ1v) is 5.84. The largest absolute Gasteiger partial charge is 0.448 e. The number of rotatable bonds is 2. The monoisotopic (exact) mass is 233 g/mol. The molecule has 3 heterocycles. The maximum atomic E-state index is 5.43. The van der Waals surface area contributed by atoms with Crippen molar-refractivity contribution in [1.82, 2.24) is 25.1 Å². The zero-order valence-electron chi connectivity index (χ0n) is 9.97. The lowest BCUT2D eigenvalue weighted by atomic mass is 10.2. The SMILES string of the molecule is CC(C)c1nc(-c2nnc3n2CCNC3)co1. The standard InChI is InChI=1S/C11H15N5O/c1-7(2)11-13-8(6-17-11)10-15-14-9-5-12-3-4-16(9)10/h6-7,12H,3-5H2,1-2H3. The average Bonchev–Trinajstić information content (AvgIpc) is 2.95. The summed E-state index contributed by atoms with van der Waals surface area (Å²) in [5, 5.41) is 11.6. The summed E-state index contributed by atoms with van der Waals surface area (Å²) in [7, 11) is 0. The first kappa shape index (κ1) is 10.5. The van der Waals surface area contributed by atoms with E-state index in [9.17, 15) is 0 Å². The van der Waals surface area contributed by atoms with Crippen LogP contribution in [0.15, 0.2) is 10.7 Å². The molecule has 0 spiro atoms. The molecular formula is C11H15N5O. The Morgan fingerprint density at radius 3 is 3.06 bits per heavy atom. The van der Waals surface area contributed by atoms with Crippen molar-refractivity contribution in [3.05, 3.63) is 18.0 Å². The van der Waals surface area contributed by atoms with Crippen molar-refractivity contribution >= 4 is 0 Å². The van der Waals surface area contributed by atoms with Gasteiger partial charge in [-0.05, 0) is 0 Å². The molecule has 1 aliphatic rings. The Bertz CT molecular complexity index is 528. The zero-order valence-corrected chi connectivity index (χ0v) is 9.97. The van der Waals surface area contributed by atoms with Gasteiger partial charge < -0.3 is 14.3 Å². The molecule has 0 amide bonds. The minimum absolute atomic E-state index is 0.286. The summed E-state index contributed by atoms with van der Waals surface area (Å²) >= 11 is 0. The first-order chi connectivity index (χ1) is 8.25. The molecule has 0 radical (unpaired) electrons. The Hall–Kier alpha value is -1.69. The van der Waals surface area contributed by atoms with Gasteiger partial charge in [0.2, 0.25) is 0 Å². The predicted octanol–water partition coefficient (Wildman–Crippen LogP) is 1.16. The molecule has 0 saturated heterocycles. The average molecular weight is 233 g/mol. The molecule has 6 nitrogen and oxygen atoms in total. The number of nitrogens with one attached hydrogen (secondary N) is 1. The van der Waals surface area contributed by atoms with Crippen LogP contribution in [0.3, 0.4) is 0 Å². The summed E-state index contributed by atoms with van der Waals surface area (Å²) in [6.45, 7) is 6.69. The smallest absolute Gasteiger partial charge is 0.197 e. The van der Waals surface area contributed by atoms with Gasteiger partial charge in [0.15, 0.2) is 11.7 Å². The minimum atomic E-state index is 0.286. The van der Waals surface area contributed by atoms with E-state index in [1.165, 1.54) is 0 Å². The fraction of sp³-hybridized carbons (Fsp3) is 0.545. The molecule has 0 saturated carbocycles. The minimum Gasteiger partial charge on any atom is -0.448 e. The quantitative estimate of drug-likeness (QED) is 0.843. The van der Waals surface area contributed by atoms with Gasteiger partial charge in [-0.25, -0.2) is 4.98 Å². The van der Waals surface area contributed by atoms with Crippen LogP contribution in [-0.4, -0.2) is 26.3 Å². The van der Waals surface area contributed by atoms with Crippen LogP contribution in [0.4, 0.5) is 0 Å². The Balaban J connectivity index is 2.00. The van der Waals surface area contributed by atoms with E-state index in [1.54, 1.807) is 6.26 Å². The van der Waals surface area contributed by atoms with Gasteiger partial charge >= 0.3 is 0 Å². The fourth-order valence-electron chi connectivity index (χ4n) is 1.94. The number of hydrogen-bond acceptors (Lipinski definition) is 5. The summed E-state index contributed by atoms with van der Waals surface area (Å²) < 4.78 is 7.53. The van der Waals surface area contributed by atoms with Gasteiger partial charge in [-0.1, -0.05) is 13.8 Å². The number of nitrogens with zero attached hydrogens (tertiary/aromatic N) is 4. The molecule has 2 aromatic rings. The van der Waals surface area contributed by atoms with E-state index in [0.717, 1.165) is 42.9 Å². The highest BCUT2D eigenvalue weighted by Crippen LogP contribution is 2.22. The molecule has 1 N–H and O–H groups in total. The maximum Gasteiger partial charge on any atom is 0.197 e. The van der Waals surface area contributed by atoms with Gasteiger partial charge in [0.25, 0.3) is 0 Å². The van der Waals surface area contributed by atoms with E-state index in [4.69, 9.17) is 4.42 Å². The predicted molar refractivity (Wildman–Crippen MR) is 61.3 cm³/mol. The molecule has 6 heteroatoms. The molecule has 0 atom stereocenters. The van der Waals surface area contributed by atoms with Crippen LogP contribution in [0.1, 0.15) is 31.5 Å². The fourth-order valence-corrected chi connectivity index (χ4v) is 1.94. The van der Waals surface area contributed by atoms with Crippen LogP contribution in [0.25, 0.3) is 11.5 Å². The van der Waals surface area contributed by atoms with Crippen LogP contribution < -0.4 is 5.32 Å². The Labute approximate surface area is 99.1 Å². The van der Waals surface area contributed by atoms with Crippen LogP contribution >= 0.6 is 0 Å². The lowest BCUT2D eigenvalue weighted by Gasteiger charge is -2.14. The van der Waals surface area contributed by atoms with Crippen molar-refractivity contribution in [2.75, 3.05) is 6.54 Å². The van der Waals surface area contributed by atoms with Gasteiger partial charge in [0.05, 0.1) is 6.54 Å². The zero-order chi connectivity index (χ0) is 11.8. The lowest BCUT2D eigenvalue weighted by Crippen LogP contribution is -2.28. The van der Waals surface area contributed by atoms with Crippen LogP contribution in [-0.2, 0) is 13.1 Å². The van der Waals surface area contributed by atoms with Crippen LogP contribution in [0.5, 0.6) is 0 Å². The Morgan fingerprint density at radius 2 is 2.29 bits per heavy atom. The summed E-state index contributed by atoms with van der Waals surface area (Å²) in [6, 6.07) is 0. The Kier molecular flexibility index (Phi) is 2.44. The molecule has 0 unspecified atom stereocenters. The van der Waals surface area contributed by atoms with Crippen LogP contribution in [0.2, 0.25) is 0 Å². The second kappa shape index (κ2) is 3.96. The molecule has 3 rings (SSSR count). The third-order valence-electron chi connectivity index (χ3n) is 2.87. The molecule has 1 aliphatic heterocycles. The second-order valence-corrected chi connectivity index (χ2v) is 4.49. The number of aromatic nitrogens is 4. The third kappa shape index (κ3) is 1.74. The summed E-state index contributed by atoms with van der Waals surface area (Å²) in [4.78, 5) is 4.45. The van der Waals surface area contributed by atoms with Crippen molar-refractivity contribution in [3.8, 4) is 11.5 Å². The number of hydrogen-bond donors (Lipinski definition) is 1. The van der Waals surface area contributed by atoms with Crippen molar-refractivity contribution < 1.29 is 4.42 Å². The van der Waals surface area contributed by atoms with E-state index in [1.807, 2.05) is 0 Å². The van der Waals surface area contributed by atoms with Gasteiger partial charge in [0, 0.05) is 19.0 Å². The van der Waals surface area contributed by atoms with Gasteiger partial charge in [0.1, 0.15) is 17.8 Å². The third-order valence-corrected chi connectivity index (χ3v) is 2.87. The summed E-state index contributed by atoms with van der Waals surface area (Å²) in [5.41, 5.74) is 0.773. The van der Waals surface area contributed by atoms with Gasteiger partial charge in [-0.3, -0.25) is 0 Å². The lowest BCUT2D eigenvalue weighted by molar-refractivity contribution is 0.471. The molecule has 2 aromatic heterocycles. The van der Waals surface area contributed by atoms with Gasteiger partial charge in [-0.15, -0.1) is 10.2 Å².